The summed E-state index contributed by atoms with van der Waals surface area (Å²) in [6.07, 6.45) is 3.00. The molecule has 0 heterocycles. The van der Waals surface area contributed by atoms with Crippen LogP contribution in [-0.2, 0) is 4.79 Å². The van der Waals surface area contributed by atoms with Crippen molar-refractivity contribution in [2.75, 3.05) is 18.4 Å². The smallest absolute Gasteiger partial charge is 0.251 e. The Bertz CT molecular complexity index is 604. The van der Waals surface area contributed by atoms with E-state index >= 15 is 0 Å². The van der Waals surface area contributed by atoms with E-state index in [2.05, 4.69) is 24.5 Å². The van der Waals surface area contributed by atoms with Gasteiger partial charge in [0.1, 0.15) is 0 Å². The fourth-order valence-electron chi connectivity index (χ4n) is 3.23. The molecule has 2 rings (SSSR count). The second kappa shape index (κ2) is 9.78. The summed E-state index contributed by atoms with van der Waals surface area (Å²) in [6.45, 7) is 7.23. The van der Waals surface area contributed by atoms with E-state index < -0.39 is 0 Å². The maximum atomic E-state index is 12.5. The monoisotopic (exact) mass is 367 g/mol. The van der Waals surface area contributed by atoms with Crippen LogP contribution in [0.2, 0.25) is 0 Å². The van der Waals surface area contributed by atoms with Crippen molar-refractivity contribution in [3.8, 4) is 0 Å². The molecule has 1 aliphatic carbocycles. The summed E-state index contributed by atoms with van der Waals surface area (Å²) in [5, 5.41) is 5.91. The van der Waals surface area contributed by atoms with Crippen molar-refractivity contribution in [3.05, 3.63) is 29.3 Å². The highest BCUT2D eigenvalue weighted by molar-refractivity contribution is 5.97. The van der Waals surface area contributed by atoms with Crippen LogP contribution in [0.15, 0.2) is 18.2 Å². The van der Waals surface area contributed by atoms with Gasteiger partial charge >= 0.3 is 0 Å². The lowest BCUT2D eigenvalue weighted by molar-refractivity contribution is -0.120. The van der Waals surface area contributed by atoms with Gasteiger partial charge in [0, 0.05) is 23.7 Å². The fourth-order valence-corrected chi connectivity index (χ4v) is 3.23. The van der Waals surface area contributed by atoms with Crippen molar-refractivity contribution in [1.82, 2.24) is 5.32 Å². The molecule has 0 saturated heterocycles. The Hall–Kier alpha value is -1.59. The van der Waals surface area contributed by atoms with Crippen LogP contribution in [0.1, 0.15) is 49.0 Å². The van der Waals surface area contributed by atoms with E-state index in [0.717, 1.165) is 30.5 Å². The van der Waals surface area contributed by atoms with Crippen molar-refractivity contribution in [1.29, 1.82) is 0 Å². The molecule has 140 valence electrons. The molecule has 1 aromatic rings. The lowest BCUT2D eigenvalue weighted by atomic mass is 9.95. The quantitative estimate of drug-likeness (QED) is 0.722. The number of amides is 2. The number of hydrogen-bond acceptors (Lipinski definition) is 3. The van der Waals surface area contributed by atoms with Crippen LogP contribution in [0.3, 0.4) is 0 Å². The molecule has 1 saturated carbocycles. The van der Waals surface area contributed by atoms with E-state index in [1.54, 1.807) is 6.07 Å². The molecule has 2 atom stereocenters. The normalized spacial score (nSPS) is 19.4. The lowest BCUT2D eigenvalue weighted by Gasteiger charge is -2.18. The molecular formula is C19H30ClN3O2. The van der Waals surface area contributed by atoms with Gasteiger partial charge in [-0.05, 0) is 61.9 Å². The summed E-state index contributed by atoms with van der Waals surface area (Å²) in [4.78, 5) is 24.6. The number of hydrogen-bond donors (Lipinski definition) is 3. The molecule has 6 heteroatoms. The highest BCUT2D eigenvalue weighted by Crippen LogP contribution is 2.32. The van der Waals surface area contributed by atoms with Gasteiger partial charge < -0.3 is 16.4 Å². The summed E-state index contributed by atoms with van der Waals surface area (Å²) in [7, 11) is 0. The van der Waals surface area contributed by atoms with Crippen LogP contribution >= 0.6 is 12.4 Å². The minimum atomic E-state index is -0.0799. The van der Waals surface area contributed by atoms with Gasteiger partial charge in [-0.3, -0.25) is 9.59 Å². The number of halogens is 1. The first-order valence-corrected chi connectivity index (χ1v) is 8.82. The number of anilines is 1. The van der Waals surface area contributed by atoms with Gasteiger partial charge in [-0.1, -0.05) is 20.3 Å². The number of benzene rings is 1. The van der Waals surface area contributed by atoms with Gasteiger partial charge in [0.15, 0.2) is 0 Å². The minimum absolute atomic E-state index is 0. The number of aryl methyl sites for hydroxylation is 1. The maximum absolute atomic E-state index is 12.5. The molecular weight excluding hydrogens is 338 g/mol. The third-order valence-electron chi connectivity index (χ3n) is 4.72. The predicted molar refractivity (Wildman–Crippen MR) is 104 cm³/mol. The van der Waals surface area contributed by atoms with E-state index in [0.29, 0.717) is 24.6 Å². The largest absolute Gasteiger partial charge is 0.352 e. The van der Waals surface area contributed by atoms with Crippen LogP contribution in [0, 0.1) is 24.7 Å². The van der Waals surface area contributed by atoms with Crippen molar-refractivity contribution in [2.24, 2.45) is 23.5 Å². The summed E-state index contributed by atoms with van der Waals surface area (Å²) in [5.41, 5.74) is 8.04. The highest BCUT2D eigenvalue weighted by Gasteiger charge is 2.32. The number of nitrogens with one attached hydrogen (secondary N) is 2. The first kappa shape index (κ1) is 21.5. The molecule has 1 aliphatic rings. The van der Waals surface area contributed by atoms with Crippen LogP contribution in [-0.4, -0.2) is 24.9 Å². The summed E-state index contributed by atoms with van der Waals surface area (Å²) >= 11 is 0. The van der Waals surface area contributed by atoms with Crippen molar-refractivity contribution < 1.29 is 9.59 Å². The van der Waals surface area contributed by atoms with Crippen molar-refractivity contribution >= 4 is 29.9 Å². The number of carbonyl (C=O) groups excluding carboxylic acids is 2. The average molecular weight is 368 g/mol. The molecule has 0 radical (unpaired) electrons. The zero-order valence-corrected chi connectivity index (χ0v) is 16.1. The third-order valence-corrected chi connectivity index (χ3v) is 4.72. The Morgan fingerprint density at radius 3 is 2.60 bits per heavy atom. The first-order valence-electron chi connectivity index (χ1n) is 8.82. The molecule has 0 aliphatic heterocycles. The SMILES string of the molecule is Cc1cc(C(=O)NCC(C)C)ccc1NC(=O)[C@@H]1CCC[C@@H]1CN.Cl. The van der Waals surface area contributed by atoms with E-state index in [1.807, 2.05) is 19.1 Å². The van der Waals surface area contributed by atoms with Crippen LogP contribution in [0.25, 0.3) is 0 Å². The van der Waals surface area contributed by atoms with Gasteiger partial charge in [0.05, 0.1) is 0 Å². The van der Waals surface area contributed by atoms with Gasteiger partial charge in [-0.25, -0.2) is 0 Å². The molecule has 0 bridgehead atoms. The van der Waals surface area contributed by atoms with Crippen LogP contribution < -0.4 is 16.4 Å². The Kier molecular flexibility index (Phi) is 8.39. The Labute approximate surface area is 156 Å². The highest BCUT2D eigenvalue weighted by atomic mass is 35.5. The number of rotatable bonds is 6. The lowest BCUT2D eigenvalue weighted by Crippen LogP contribution is -2.30. The topological polar surface area (TPSA) is 84.2 Å². The van der Waals surface area contributed by atoms with Gasteiger partial charge in [-0.15, -0.1) is 12.4 Å². The van der Waals surface area contributed by atoms with E-state index in [9.17, 15) is 9.59 Å². The first-order chi connectivity index (χ1) is 11.4. The standard InChI is InChI=1S/C19H29N3O2.ClH/c1-12(2)11-21-18(23)14-7-8-17(13(3)9-14)22-19(24)16-6-4-5-15(16)10-20;/h7-9,12,15-16H,4-6,10-11,20H2,1-3H3,(H,21,23)(H,22,24);1H/t15-,16-;/m1./s1. The molecule has 0 unspecified atom stereocenters. The summed E-state index contributed by atoms with van der Waals surface area (Å²) in [5.74, 6) is 0.664. The predicted octanol–water partition coefficient (Wildman–Crippen LogP) is 3.12. The van der Waals surface area contributed by atoms with Crippen LogP contribution in [0.4, 0.5) is 5.69 Å². The average Bonchev–Trinajstić information content (AvgIpc) is 3.03. The minimum Gasteiger partial charge on any atom is -0.352 e. The molecule has 4 N–H and O–H groups in total. The zero-order valence-electron chi connectivity index (χ0n) is 15.3. The van der Waals surface area contributed by atoms with Crippen molar-refractivity contribution in [3.63, 3.8) is 0 Å². The third kappa shape index (κ3) is 5.72. The molecule has 0 spiro atoms. The van der Waals surface area contributed by atoms with E-state index in [1.165, 1.54) is 0 Å². The molecule has 1 aromatic carbocycles. The second-order valence-corrected chi connectivity index (χ2v) is 7.16. The fraction of sp³-hybridized carbons (Fsp3) is 0.579. The Balaban J connectivity index is 0.00000312. The Morgan fingerprint density at radius 2 is 2.00 bits per heavy atom. The van der Waals surface area contributed by atoms with E-state index in [-0.39, 0.29) is 36.1 Å². The molecule has 1 fully saturated rings. The molecule has 5 nitrogen and oxygen atoms in total. The molecule has 25 heavy (non-hydrogen) atoms. The van der Waals surface area contributed by atoms with Gasteiger partial charge in [0.25, 0.3) is 5.91 Å². The van der Waals surface area contributed by atoms with E-state index in [4.69, 9.17) is 5.73 Å². The maximum Gasteiger partial charge on any atom is 0.251 e. The summed E-state index contributed by atoms with van der Waals surface area (Å²) < 4.78 is 0. The molecule has 2 amide bonds. The number of carbonyl (C=O) groups is 2. The Morgan fingerprint density at radius 1 is 1.28 bits per heavy atom. The second-order valence-electron chi connectivity index (χ2n) is 7.16. The zero-order chi connectivity index (χ0) is 17.7. The van der Waals surface area contributed by atoms with Gasteiger partial charge in [-0.2, -0.15) is 0 Å². The van der Waals surface area contributed by atoms with Crippen LogP contribution in [0.5, 0.6) is 0 Å². The molecule has 0 aromatic heterocycles. The van der Waals surface area contributed by atoms with Crippen molar-refractivity contribution in [2.45, 2.75) is 40.0 Å². The van der Waals surface area contributed by atoms with Gasteiger partial charge in [0.2, 0.25) is 5.91 Å². The summed E-state index contributed by atoms with van der Waals surface area (Å²) in [6, 6.07) is 5.39. The number of nitrogens with two attached hydrogens (primary N) is 1.